The Labute approximate surface area is 149 Å². The summed E-state index contributed by atoms with van der Waals surface area (Å²) in [5.74, 6) is -0.844. The third-order valence-electron chi connectivity index (χ3n) is 3.38. The van der Waals surface area contributed by atoms with Crippen LogP contribution in [-0.4, -0.2) is 34.2 Å². The maximum Gasteiger partial charge on any atom is 0.339 e. The van der Waals surface area contributed by atoms with Gasteiger partial charge in [0.25, 0.3) is 5.56 Å². The molecule has 1 aromatic carbocycles. The number of para-hydroxylation sites is 1. The Bertz CT molecular complexity index is 835. The molecule has 8 heteroatoms. The van der Waals surface area contributed by atoms with E-state index in [9.17, 15) is 14.4 Å². The zero-order valence-electron chi connectivity index (χ0n) is 14.2. The van der Waals surface area contributed by atoms with Crippen molar-refractivity contribution in [3.05, 3.63) is 51.9 Å². The summed E-state index contributed by atoms with van der Waals surface area (Å²) in [6, 6.07) is 8.03. The number of nitrogens with zero attached hydrogens (tertiary/aromatic N) is 1. The highest BCUT2D eigenvalue weighted by molar-refractivity contribution is 8.00. The third kappa shape index (κ3) is 4.93. The number of rotatable bonds is 6. The van der Waals surface area contributed by atoms with Gasteiger partial charge in [-0.05, 0) is 25.5 Å². The molecule has 0 saturated carbocycles. The van der Waals surface area contributed by atoms with Crippen molar-refractivity contribution in [1.29, 1.82) is 0 Å². The van der Waals surface area contributed by atoms with E-state index in [1.807, 2.05) is 6.92 Å². The lowest BCUT2D eigenvalue weighted by Gasteiger charge is -2.13. The van der Waals surface area contributed by atoms with Crippen molar-refractivity contribution in [3.63, 3.8) is 0 Å². The van der Waals surface area contributed by atoms with E-state index in [1.165, 1.54) is 13.2 Å². The minimum Gasteiger partial charge on any atom is -0.465 e. The van der Waals surface area contributed by atoms with Crippen LogP contribution in [0.2, 0.25) is 0 Å². The molecule has 132 valence electrons. The summed E-state index contributed by atoms with van der Waals surface area (Å²) in [6.45, 7) is 3.59. The van der Waals surface area contributed by atoms with Gasteiger partial charge in [0.15, 0.2) is 5.16 Å². The molecule has 0 aliphatic rings. The summed E-state index contributed by atoms with van der Waals surface area (Å²) >= 11 is 1.14. The molecular formula is C17H19N3O4S. The van der Waals surface area contributed by atoms with Gasteiger partial charge in [0.1, 0.15) is 0 Å². The van der Waals surface area contributed by atoms with Crippen molar-refractivity contribution in [2.75, 3.05) is 12.4 Å². The Morgan fingerprint density at radius 3 is 2.76 bits per heavy atom. The number of aryl methyl sites for hydroxylation is 1. The molecule has 0 aliphatic carbocycles. The van der Waals surface area contributed by atoms with Gasteiger partial charge in [-0.1, -0.05) is 30.8 Å². The van der Waals surface area contributed by atoms with Crippen molar-refractivity contribution in [1.82, 2.24) is 9.97 Å². The average molecular weight is 361 g/mol. The SMILES string of the molecule is CCc1cc(=O)[nH]c(SC(C)C(=O)Nc2ccccc2C(=O)OC)n1. The topological polar surface area (TPSA) is 101 Å². The summed E-state index contributed by atoms with van der Waals surface area (Å²) in [6.07, 6.45) is 0.630. The van der Waals surface area contributed by atoms with Crippen molar-refractivity contribution in [2.24, 2.45) is 0 Å². The fraction of sp³-hybridized carbons (Fsp3) is 0.294. The first-order chi connectivity index (χ1) is 11.9. The van der Waals surface area contributed by atoms with Crippen LogP contribution >= 0.6 is 11.8 Å². The summed E-state index contributed by atoms with van der Waals surface area (Å²) in [4.78, 5) is 42.7. The van der Waals surface area contributed by atoms with E-state index in [2.05, 4.69) is 15.3 Å². The van der Waals surface area contributed by atoms with Crippen LogP contribution < -0.4 is 10.9 Å². The minimum absolute atomic E-state index is 0.252. The van der Waals surface area contributed by atoms with Crippen LogP contribution in [0.1, 0.15) is 29.9 Å². The molecular weight excluding hydrogens is 342 g/mol. The van der Waals surface area contributed by atoms with E-state index >= 15 is 0 Å². The standard InChI is InChI=1S/C17H19N3O4S/c1-4-11-9-14(21)20-17(18-11)25-10(2)15(22)19-13-8-6-5-7-12(13)16(23)24-3/h5-10H,4H2,1-3H3,(H,19,22)(H,18,20,21). The Kier molecular flexibility index (Phi) is 6.35. The van der Waals surface area contributed by atoms with Gasteiger partial charge in [-0.3, -0.25) is 9.59 Å². The highest BCUT2D eigenvalue weighted by Crippen LogP contribution is 2.22. The summed E-state index contributed by atoms with van der Waals surface area (Å²) < 4.78 is 4.71. The second-order valence-electron chi connectivity index (χ2n) is 5.18. The molecule has 2 rings (SSSR count). The highest BCUT2D eigenvalue weighted by Gasteiger charge is 2.19. The number of thioether (sulfide) groups is 1. The van der Waals surface area contributed by atoms with Gasteiger partial charge in [-0.15, -0.1) is 0 Å². The van der Waals surface area contributed by atoms with Crippen molar-refractivity contribution < 1.29 is 14.3 Å². The number of anilines is 1. The Morgan fingerprint density at radius 2 is 2.08 bits per heavy atom. The monoisotopic (exact) mass is 361 g/mol. The molecule has 7 nitrogen and oxygen atoms in total. The van der Waals surface area contributed by atoms with Crippen molar-refractivity contribution >= 4 is 29.3 Å². The van der Waals surface area contributed by atoms with Crippen LogP contribution in [0, 0.1) is 0 Å². The fourth-order valence-corrected chi connectivity index (χ4v) is 2.89. The predicted molar refractivity (Wildman–Crippen MR) is 96.0 cm³/mol. The number of ether oxygens (including phenoxy) is 1. The predicted octanol–water partition coefficient (Wildman–Crippen LogP) is 2.24. The van der Waals surface area contributed by atoms with Gasteiger partial charge in [0, 0.05) is 11.8 Å². The van der Waals surface area contributed by atoms with Gasteiger partial charge in [-0.2, -0.15) is 0 Å². The fourth-order valence-electron chi connectivity index (χ4n) is 2.06. The number of aromatic amines is 1. The van der Waals surface area contributed by atoms with E-state index in [0.717, 1.165) is 11.8 Å². The van der Waals surface area contributed by atoms with Crippen LogP contribution in [0.25, 0.3) is 0 Å². The molecule has 0 radical (unpaired) electrons. The molecule has 0 saturated heterocycles. The lowest BCUT2D eigenvalue weighted by Crippen LogP contribution is -2.24. The zero-order chi connectivity index (χ0) is 18.4. The Hall–Kier alpha value is -2.61. The molecule has 1 aromatic heterocycles. The van der Waals surface area contributed by atoms with E-state index < -0.39 is 11.2 Å². The summed E-state index contributed by atoms with van der Waals surface area (Å²) in [5.41, 5.74) is 1.05. The number of H-pyrrole nitrogens is 1. The molecule has 0 bridgehead atoms. The van der Waals surface area contributed by atoms with Gasteiger partial charge >= 0.3 is 5.97 Å². The van der Waals surface area contributed by atoms with E-state index in [0.29, 0.717) is 23.0 Å². The van der Waals surface area contributed by atoms with Gasteiger partial charge in [-0.25, -0.2) is 9.78 Å². The van der Waals surface area contributed by atoms with Crippen LogP contribution in [-0.2, 0) is 16.0 Å². The van der Waals surface area contributed by atoms with E-state index in [1.54, 1.807) is 31.2 Å². The van der Waals surface area contributed by atoms with Crippen molar-refractivity contribution in [2.45, 2.75) is 30.7 Å². The largest absolute Gasteiger partial charge is 0.465 e. The minimum atomic E-state index is -0.530. The number of methoxy groups -OCH3 is 1. The number of esters is 1. The Morgan fingerprint density at radius 1 is 1.36 bits per heavy atom. The first kappa shape index (κ1) is 18.7. The molecule has 0 spiro atoms. The number of hydrogen-bond donors (Lipinski definition) is 2. The first-order valence-electron chi connectivity index (χ1n) is 7.69. The number of carbonyl (C=O) groups is 2. The van der Waals surface area contributed by atoms with Crippen LogP contribution in [0.4, 0.5) is 5.69 Å². The quantitative estimate of drug-likeness (QED) is 0.465. The van der Waals surface area contributed by atoms with E-state index in [-0.39, 0.29) is 17.0 Å². The molecule has 2 N–H and O–H groups in total. The van der Waals surface area contributed by atoms with Crippen LogP contribution in [0.15, 0.2) is 40.3 Å². The first-order valence-corrected chi connectivity index (χ1v) is 8.57. The smallest absolute Gasteiger partial charge is 0.339 e. The number of benzene rings is 1. The molecule has 0 fully saturated rings. The molecule has 1 amide bonds. The van der Waals surface area contributed by atoms with Gasteiger partial charge < -0.3 is 15.0 Å². The molecule has 1 heterocycles. The maximum atomic E-state index is 12.4. The second-order valence-corrected chi connectivity index (χ2v) is 6.51. The second kappa shape index (κ2) is 8.48. The lowest BCUT2D eigenvalue weighted by atomic mass is 10.2. The number of carbonyl (C=O) groups excluding carboxylic acids is 2. The Balaban J connectivity index is 2.13. The average Bonchev–Trinajstić information content (AvgIpc) is 2.60. The lowest BCUT2D eigenvalue weighted by molar-refractivity contribution is -0.115. The molecule has 1 atom stereocenters. The molecule has 0 aliphatic heterocycles. The number of aromatic nitrogens is 2. The van der Waals surface area contributed by atoms with Gasteiger partial charge in [0.2, 0.25) is 5.91 Å². The van der Waals surface area contributed by atoms with Crippen LogP contribution in [0.3, 0.4) is 0 Å². The molecule has 1 unspecified atom stereocenters. The normalized spacial score (nSPS) is 11.6. The number of nitrogens with one attached hydrogen (secondary N) is 2. The summed E-state index contributed by atoms with van der Waals surface area (Å²) in [5, 5.41) is 2.56. The van der Waals surface area contributed by atoms with E-state index in [4.69, 9.17) is 4.74 Å². The molecule has 25 heavy (non-hydrogen) atoms. The number of amides is 1. The maximum absolute atomic E-state index is 12.4. The highest BCUT2D eigenvalue weighted by atomic mass is 32.2. The number of hydrogen-bond acceptors (Lipinski definition) is 6. The van der Waals surface area contributed by atoms with Crippen molar-refractivity contribution in [3.8, 4) is 0 Å². The summed E-state index contributed by atoms with van der Waals surface area (Å²) in [7, 11) is 1.28. The van der Waals surface area contributed by atoms with Gasteiger partial charge in [0.05, 0.1) is 23.6 Å². The zero-order valence-corrected chi connectivity index (χ0v) is 15.0. The molecule has 2 aromatic rings. The van der Waals surface area contributed by atoms with Crippen LogP contribution in [0.5, 0.6) is 0 Å². The third-order valence-corrected chi connectivity index (χ3v) is 4.37.